The molecule has 24 heavy (non-hydrogen) atoms. The van der Waals surface area contributed by atoms with E-state index in [-0.39, 0.29) is 21.7 Å². The van der Waals surface area contributed by atoms with Crippen molar-refractivity contribution in [3.05, 3.63) is 46.8 Å². The average Bonchev–Trinajstić information content (AvgIpc) is 3.21. The number of hydrogen-bond acceptors (Lipinski definition) is 2. The van der Waals surface area contributed by atoms with Gasteiger partial charge in [0.15, 0.2) is 0 Å². The zero-order chi connectivity index (χ0) is 17.9. The van der Waals surface area contributed by atoms with Crippen molar-refractivity contribution in [3.8, 4) is 24.7 Å². The van der Waals surface area contributed by atoms with Gasteiger partial charge >= 0.3 is 33.7 Å². The van der Waals surface area contributed by atoms with Crippen molar-refractivity contribution in [2.45, 2.75) is 25.9 Å². The van der Waals surface area contributed by atoms with E-state index in [0.29, 0.717) is 0 Å². The van der Waals surface area contributed by atoms with E-state index in [1.807, 2.05) is 0 Å². The second kappa shape index (κ2) is 12.4. The van der Waals surface area contributed by atoms with Gasteiger partial charge in [-0.15, -0.1) is 25.7 Å². The molecule has 0 aliphatic heterocycles. The van der Waals surface area contributed by atoms with Crippen molar-refractivity contribution in [3.63, 3.8) is 0 Å². The molecule has 0 aromatic carbocycles. The van der Waals surface area contributed by atoms with E-state index in [0.717, 1.165) is 12.8 Å². The van der Waals surface area contributed by atoms with E-state index < -0.39 is 20.0 Å². The van der Waals surface area contributed by atoms with Crippen molar-refractivity contribution in [1.82, 2.24) is 0 Å². The van der Waals surface area contributed by atoms with Crippen LogP contribution in [0.5, 0.6) is 0 Å². The normalized spacial score (nSPS) is 13.5. The largest absolute Gasteiger partial charge is 2.00 e. The van der Waals surface area contributed by atoms with Crippen LogP contribution in [0.4, 0.5) is 0 Å². The van der Waals surface area contributed by atoms with Gasteiger partial charge in [-0.25, -0.2) is 32.1 Å². The molecule has 6 heteroatoms. The van der Waals surface area contributed by atoms with Crippen LogP contribution >= 0.6 is 0 Å². The molecule has 0 spiro atoms. The number of hydrogen-bond donors (Lipinski definition) is 2. The van der Waals surface area contributed by atoms with Crippen molar-refractivity contribution in [1.29, 1.82) is 0 Å². The maximum absolute atomic E-state index is 9.13. The van der Waals surface area contributed by atoms with E-state index in [1.54, 1.807) is 0 Å². The summed E-state index contributed by atoms with van der Waals surface area (Å²) >= 11 is 0. The second-order valence-electron chi connectivity index (χ2n) is 4.92. The summed E-state index contributed by atoms with van der Waals surface area (Å²) in [7, 11) is -1.40. The Morgan fingerprint density at radius 1 is 1.00 bits per heavy atom. The first-order valence-corrected chi connectivity index (χ1v) is 9.70. The van der Waals surface area contributed by atoms with Gasteiger partial charge in [-0.1, -0.05) is 13.1 Å². The topological polar surface area (TPSA) is 74.6 Å². The van der Waals surface area contributed by atoms with Crippen LogP contribution < -0.4 is 0 Å². The Kier molecular flexibility index (Phi) is 12.5. The van der Waals surface area contributed by atoms with Crippen LogP contribution in [-0.4, -0.2) is 30.2 Å². The van der Waals surface area contributed by atoms with E-state index in [1.165, 1.54) is 22.2 Å². The number of rotatable bonds is 2. The molecule has 4 nitrogen and oxygen atoms in total. The maximum Gasteiger partial charge on any atom is 2.00 e. The number of aliphatic carboxylic acids is 2. The first-order valence-electron chi connectivity index (χ1n) is 6.70. The molecule has 0 saturated heterocycles. The summed E-state index contributed by atoms with van der Waals surface area (Å²) in [4.78, 5) is 18.3. The molecule has 0 heterocycles. The molecular weight excluding hydrogens is 356 g/mol. The smallest absolute Gasteiger partial charge is 0.472 e. The van der Waals surface area contributed by atoms with Crippen LogP contribution in [-0.2, 0) is 31.3 Å². The molecule has 2 aliphatic carbocycles. The quantitative estimate of drug-likeness (QED) is 0.443. The molecule has 0 unspecified atom stereocenters. The summed E-state index contributed by atoms with van der Waals surface area (Å²) in [5.41, 5.74) is 0. The summed E-state index contributed by atoms with van der Waals surface area (Å²) < 4.78 is 0. The zero-order valence-electron chi connectivity index (χ0n) is 13.6. The summed E-state index contributed by atoms with van der Waals surface area (Å²) in [5, 5.41) is 17.9. The molecule has 2 aliphatic rings. The summed E-state index contributed by atoms with van der Waals surface area (Å²) in [6.45, 7) is 4.76. The molecule has 0 aromatic rings. The van der Waals surface area contributed by atoms with Crippen LogP contribution in [0, 0.1) is 36.8 Å². The zero-order valence-corrected chi connectivity index (χ0v) is 16.2. The van der Waals surface area contributed by atoms with E-state index in [2.05, 4.69) is 62.4 Å². The van der Waals surface area contributed by atoms with Crippen LogP contribution in [0.25, 0.3) is 0 Å². The Morgan fingerprint density at radius 3 is 1.46 bits per heavy atom. The van der Waals surface area contributed by atoms with E-state index >= 15 is 0 Å². The molecular formula is C18H18O4SiTi. The fourth-order valence-corrected chi connectivity index (χ4v) is 4.26. The van der Waals surface area contributed by atoms with Gasteiger partial charge in [-0.05, 0) is 0 Å². The van der Waals surface area contributed by atoms with Gasteiger partial charge in [0.2, 0.25) is 0 Å². The number of allylic oxidation sites excluding steroid dienone is 8. The molecule has 2 N–H and O–H groups in total. The predicted octanol–water partition coefficient (Wildman–Crippen LogP) is 2.56. The van der Waals surface area contributed by atoms with Gasteiger partial charge in [0.25, 0.3) is 0 Å². The minimum Gasteiger partial charge on any atom is -0.472 e. The van der Waals surface area contributed by atoms with Crippen molar-refractivity contribution >= 4 is 20.0 Å². The Balaban J connectivity index is 0. The summed E-state index contributed by atoms with van der Waals surface area (Å²) in [6.07, 6.45) is 26.4. The van der Waals surface area contributed by atoms with E-state index in [4.69, 9.17) is 19.8 Å². The second-order valence-corrected chi connectivity index (χ2v) is 9.25. The predicted molar refractivity (Wildman–Crippen MR) is 91.4 cm³/mol. The molecule has 0 amide bonds. The average molecular weight is 374 g/mol. The Hall–Kier alpha value is -2.05. The van der Waals surface area contributed by atoms with E-state index in [9.17, 15) is 0 Å². The third kappa shape index (κ3) is 9.17. The number of terminal acetylenes is 2. The number of carboxylic acids is 2. The molecule has 0 fully saturated rings. The minimum atomic E-state index is -1.40. The minimum absolute atomic E-state index is 0. The van der Waals surface area contributed by atoms with Crippen molar-refractivity contribution in [2.24, 2.45) is 0 Å². The van der Waals surface area contributed by atoms with Crippen LogP contribution in [0.3, 0.4) is 0 Å². The standard InChI is InChI=1S/C12H14Si.2C3H2O2.Ti/c1-13(2,11-7-3-4-8-11)12-9-5-6-10-12;2*1-2-3(4)5;/h3,5,7,9H,4,6H2,1-2H3;2*1H,(H,4,5);/q-2;;;+2. The summed E-state index contributed by atoms with van der Waals surface area (Å²) in [5.74, 6) is 0.454. The summed E-state index contributed by atoms with van der Waals surface area (Å²) in [6, 6.07) is 0. The van der Waals surface area contributed by atoms with Crippen LogP contribution in [0.1, 0.15) is 12.8 Å². The van der Waals surface area contributed by atoms with Crippen molar-refractivity contribution < 1.29 is 41.5 Å². The third-order valence-corrected chi connectivity index (χ3v) is 6.36. The fourth-order valence-electron chi connectivity index (χ4n) is 1.81. The van der Waals surface area contributed by atoms with Gasteiger partial charge in [0, 0.05) is 19.9 Å². The first-order chi connectivity index (χ1) is 10.8. The molecule has 0 saturated carbocycles. The third-order valence-electron chi connectivity index (χ3n) is 2.98. The fraction of sp³-hybridized carbons (Fsp3) is 0.222. The monoisotopic (exact) mass is 374 g/mol. The molecule has 122 valence electrons. The Morgan fingerprint density at radius 2 is 1.29 bits per heavy atom. The SMILES string of the molecule is C#CC(=O)O.C#CC(=O)O.C[Si](C)(C1=[C-]CC=C1)C1=[C-]CC=C1.[Ti+2]. The maximum atomic E-state index is 9.13. The molecule has 2 rings (SSSR count). The Bertz CT molecular complexity index is 599. The van der Waals surface area contributed by atoms with Gasteiger partial charge in [-0.2, -0.15) is 12.2 Å². The molecule has 0 atom stereocenters. The van der Waals surface area contributed by atoms with Gasteiger partial charge in [0.05, 0.1) is 0 Å². The first kappa shape index (κ1) is 24.2. The van der Waals surface area contributed by atoms with Gasteiger partial charge < -0.3 is 10.2 Å². The van der Waals surface area contributed by atoms with Gasteiger partial charge in [0.1, 0.15) is 0 Å². The number of carboxylic acid groups (broad SMARTS) is 2. The molecule has 0 bridgehead atoms. The van der Waals surface area contributed by atoms with Gasteiger partial charge in [-0.3, -0.25) is 12.2 Å². The van der Waals surface area contributed by atoms with Crippen LogP contribution in [0.2, 0.25) is 13.1 Å². The Labute approximate surface area is 158 Å². The molecule has 0 aromatic heterocycles. The van der Waals surface area contributed by atoms with Crippen LogP contribution in [0.15, 0.2) is 34.7 Å². The molecule has 0 radical (unpaired) electrons. The number of carbonyl (C=O) groups is 2. The van der Waals surface area contributed by atoms with Crippen molar-refractivity contribution in [2.75, 3.05) is 0 Å².